The number of rotatable bonds is 7. The van der Waals surface area contributed by atoms with Crippen LogP contribution in [0.25, 0.3) is 0 Å². The van der Waals surface area contributed by atoms with Gasteiger partial charge in [0, 0.05) is 0 Å². The maximum atomic E-state index is 6.37. The van der Waals surface area contributed by atoms with Crippen molar-refractivity contribution in [2.75, 3.05) is 0 Å². The zero-order valence-corrected chi connectivity index (χ0v) is 19.1. The fourth-order valence-corrected chi connectivity index (χ4v) is 12.1. The molecule has 0 fully saturated rings. The van der Waals surface area contributed by atoms with E-state index >= 15 is 0 Å². The molecule has 1 radical (unpaired) electrons. The van der Waals surface area contributed by atoms with Crippen LogP contribution in [0.4, 0.5) is 0 Å². The van der Waals surface area contributed by atoms with Gasteiger partial charge in [-0.05, 0) is 0 Å². The second-order valence-electron chi connectivity index (χ2n) is 4.20. The van der Waals surface area contributed by atoms with Crippen molar-refractivity contribution in [2.45, 2.75) is 43.1 Å². The summed E-state index contributed by atoms with van der Waals surface area (Å²) in [5.74, 6) is 0. The molecule has 0 aromatic heterocycles. The molecule has 1 rings (SSSR count). The summed E-state index contributed by atoms with van der Waals surface area (Å²) >= 11 is 0.348. The Morgan fingerprint density at radius 1 is 1.37 bits per heavy atom. The monoisotopic (exact) mass is 566 g/mol. The van der Waals surface area contributed by atoms with Crippen molar-refractivity contribution < 1.29 is 3.07 Å². The fraction of sp³-hybridized carbons (Fsp3) is 0.538. The van der Waals surface area contributed by atoms with Crippen LogP contribution in [-0.4, -0.2) is 25.6 Å². The number of hydrogen-bond acceptors (Lipinski definition) is 3. The second kappa shape index (κ2) is 11.1. The van der Waals surface area contributed by atoms with Gasteiger partial charge in [0.05, 0.1) is 0 Å². The zero-order chi connectivity index (χ0) is 13.5. The van der Waals surface area contributed by atoms with Crippen LogP contribution >= 0.6 is 47.1 Å². The Morgan fingerprint density at radius 3 is 2.47 bits per heavy atom. The summed E-state index contributed by atoms with van der Waals surface area (Å²) in [5, 5.41) is 0. The first-order valence-corrected chi connectivity index (χ1v) is 14.3. The van der Waals surface area contributed by atoms with E-state index in [1.165, 1.54) is 13.6 Å². The maximum absolute atomic E-state index is 6.37. The first kappa shape index (κ1) is 20.5. The van der Waals surface area contributed by atoms with Gasteiger partial charge in [0.2, 0.25) is 0 Å². The molecular formula is C13H22BrINOSSn. The summed E-state index contributed by atoms with van der Waals surface area (Å²) in [6.07, 6.45) is 1.07. The zero-order valence-electron chi connectivity index (χ0n) is 11.6. The molecular weight excluding hydrogens is 544 g/mol. The van der Waals surface area contributed by atoms with E-state index in [4.69, 9.17) is 8.81 Å². The Hall–Kier alpha value is 1.50. The Kier molecular flexibility index (Phi) is 12.0. The van der Waals surface area contributed by atoms with E-state index < -0.39 is 20.2 Å². The van der Waals surface area contributed by atoms with Crippen LogP contribution in [0.2, 0.25) is 4.44 Å². The third-order valence-corrected chi connectivity index (χ3v) is 12.1. The van der Waals surface area contributed by atoms with Crippen molar-refractivity contribution in [1.82, 2.24) is 0 Å². The molecule has 0 saturated carbocycles. The Morgan fingerprint density at radius 2 is 2.00 bits per heavy atom. The molecule has 0 bridgehead atoms. The summed E-state index contributed by atoms with van der Waals surface area (Å²) in [4.78, 5) is 0. The minimum absolute atomic E-state index is 0. The SMILES string of the molecule is Br.CCC([O][Sn]([CH2]C)[c]1ccccc1C(C)N)SI. The van der Waals surface area contributed by atoms with Gasteiger partial charge in [0.25, 0.3) is 0 Å². The Labute approximate surface area is 151 Å². The van der Waals surface area contributed by atoms with Crippen molar-refractivity contribution in [3.8, 4) is 0 Å². The molecule has 0 heterocycles. The predicted octanol–water partition coefficient (Wildman–Crippen LogP) is 4.34. The van der Waals surface area contributed by atoms with Gasteiger partial charge < -0.3 is 0 Å². The van der Waals surface area contributed by atoms with Gasteiger partial charge in [-0.1, -0.05) is 0 Å². The van der Waals surface area contributed by atoms with E-state index in [0.29, 0.717) is 5.44 Å². The predicted molar refractivity (Wildman–Crippen MR) is 102 cm³/mol. The van der Waals surface area contributed by atoms with E-state index in [-0.39, 0.29) is 23.0 Å². The van der Waals surface area contributed by atoms with E-state index in [0.717, 1.165) is 6.42 Å². The van der Waals surface area contributed by atoms with Crippen LogP contribution in [-0.2, 0) is 3.07 Å². The van der Waals surface area contributed by atoms with Crippen molar-refractivity contribution >= 4 is 70.9 Å². The summed E-state index contributed by atoms with van der Waals surface area (Å²) in [7, 11) is 1.79. The van der Waals surface area contributed by atoms with Crippen molar-refractivity contribution in [3.05, 3.63) is 29.8 Å². The Bertz CT molecular complexity index is 366. The molecule has 0 saturated heterocycles. The van der Waals surface area contributed by atoms with Crippen molar-refractivity contribution in [2.24, 2.45) is 5.73 Å². The number of benzene rings is 1. The quantitative estimate of drug-likeness (QED) is 0.304. The first-order chi connectivity index (χ1) is 8.63. The van der Waals surface area contributed by atoms with Gasteiger partial charge in [-0.15, -0.1) is 17.0 Å². The molecule has 1 aromatic carbocycles. The fourth-order valence-electron chi connectivity index (χ4n) is 1.81. The standard InChI is InChI=1S/C8H10N.C3H6IOS.C2H5.BrH.Sn/c1-7(9)8-5-3-2-4-6-8;1-2-3(5)6-4;1-2;;/h2-5,7H,9H2,1H3;3H,2H2,1H3;1H2,2H3;1H;/q;-1;;;+1. The van der Waals surface area contributed by atoms with Gasteiger partial charge in [0.1, 0.15) is 0 Å². The molecule has 1 aromatic rings. The molecule has 2 unspecified atom stereocenters. The number of halogens is 2. The van der Waals surface area contributed by atoms with Crippen LogP contribution < -0.4 is 9.31 Å². The summed E-state index contributed by atoms with van der Waals surface area (Å²) in [6, 6.07) is 8.65. The van der Waals surface area contributed by atoms with Gasteiger partial charge in [0.15, 0.2) is 0 Å². The van der Waals surface area contributed by atoms with Crippen molar-refractivity contribution in [3.63, 3.8) is 0 Å². The van der Waals surface area contributed by atoms with Crippen LogP contribution in [0.5, 0.6) is 0 Å². The molecule has 0 aliphatic heterocycles. The van der Waals surface area contributed by atoms with E-state index in [9.17, 15) is 0 Å². The molecule has 0 amide bonds. The third-order valence-electron chi connectivity index (χ3n) is 2.78. The third kappa shape index (κ3) is 6.42. The van der Waals surface area contributed by atoms with Crippen LogP contribution in [0.15, 0.2) is 24.3 Å². The van der Waals surface area contributed by atoms with Crippen molar-refractivity contribution in [1.29, 1.82) is 0 Å². The normalized spacial score (nSPS) is 14.0. The summed E-state index contributed by atoms with van der Waals surface area (Å²) in [5.41, 5.74) is 7.69. The average molecular weight is 566 g/mol. The second-order valence-corrected chi connectivity index (χ2v) is 13.1. The molecule has 2 atom stereocenters. The molecule has 0 spiro atoms. The van der Waals surface area contributed by atoms with Gasteiger partial charge >= 0.3 is 136 Å². The molecule has 2 N–H and O–H groups in total. The average Bonchev–Trinajstić information content (AvgIpc) is 2.40. The molecule has 109 valence electrons. The molecule has 6 heteroatoms. The van der Waals surface area contributed by atoms with Crippen LogP contribution in [0, 0.1) is 0 Å². The topological polar surface area (TPSA) is 35.2 Å². The van der Waals surface area contributed by atoms with Crippen LogP contribution in [0.3, 0.4) is 0 Å². The van der Waals surface area contributed by atoms with E-state index in [1.807, 2.05) is 0 Å². The van der Waals surface area contributed by atoms with Gasteiger partial charge in [-0.2, -0.15) is 0 Å². The molecule has 2 nitrogen and oxygen atoms in total. The molecule has 0 aliphatic carbocycles. The molecule has 19 heavy (non-hydrogen) atoms. The van der Waals surface area contributed by atoms with E-state index in [2.05, 4.69) is 66.2 Å². The van der Waals surface area contributed by atoms with E-state index in [1.54, 1.807) is 8.93 Å². The number of hydrogen-bond donors (Lipinski definition) is 1. The summed E-state index contributed by atoms with van der Waals surface area (Å²) < 4.78 is 8.97. The van der Waals surface area contributed by atoms with Gasteiger partial charge in [-0.3, -0.25) is 0 Å². The Balaban J connectivity index is 0.00000324. The minimum atomic E-state index is -1.99. The van der Waals surface area contributed by atoms with Crippen LogP contribution in [0.1, 0.15) is 38.8 Å². The first-order valence-electron chi connectivity index (χ1n) is 6.28. The number of nitrogens with two attached hydrogens (primary N) is 1. The summed E-state index contributed by atoms with van der Waals surface area (Å²) in [6.45, 7) is 6.49. The van der Waals surface area contributed by atoms with Gasteiger partial charge in [-0.25, -0.2) is 0 Å². The molecule has 0 aliphatic rings.